The summed E-state index contributed by atoms with van der Waals surface area (Å²) in [6.45, 7) is 0. The van der Waals surface area contributed by atoms with E-state index in [2.05, 4.69) is 4.74 Å². The molecule has 226 valence electrons. The molecule has 1 N–H and O–H groups in total. The van der Waals surface area contributed by atoms with Crippen molar-refractivity contribution in [2.45, 2.75) is 12.8 Å². The van der Waals surface area contributed by atoms with E-state index in [-0.39, 0.29) is 39.0 Å². The summed E-state index contributed by atoms with van der Waals surface area (Å²) in [7, 11) is 1.28. The van der Waals surface area contributed by atoms with Crippen LogP contribution in [0, 0.1) is 34.9 Å². The van der Waals surface area contributed by atoms with Crippen LogP contribution < -0.4 is 0 Å². The molecule has 5 nitrogen and oxygen atoms in total. The zero-order chi connectivity index (χ0) is 32.3. The SMILES string of the molecule is COC(=O)c1ccc(F)cc1.O=C(Cc1cc(F)cc(F)c1Cl)c1ccc(F)cc1.O=C(O)Cc1cc(F)cc(F)c1Cl. The molecule has 0 unspecified atom stereocenters. The van der Waals surface area contributed by atoms with Gasteiger partial charge in [-0.05, 0) is 71.8 Å². The monoisotopic (exact) mass is 644 g/mol. The second-order valence-corrected chi connectivity index (χ2v) is 9.15. The molecule has 0 aliphatic rings. The number of carbonyl (C=O) groups is 3. The lowest BCUT2D eigenvalue weighted by molar-refractivity contribution is -0.136. The molecule has 0 amide bonds. The maximum atomic E-state index is 13.2. The van der Waals surface area contributed by atoms with E-state index in [0.29, 0.717) is 17.7 Å². The van der Waals surface area contributed by atoms with E-state index < -0.39 is 53.2 Å². The quantitative estimate of drug-likeness (QED) is 0.0994. The molecule has 0 heterocycles. The number of carbonyl (C=O) groups excluding carboxylic acids is 2. The molecule has 0 saturated carbocycles. The fourth-order valence-corrected chi connectivity index (χ4v) is 3.61. The number of aliphatic carboxylic acids is 1. The number of rotatable bonds is 6. The lowest BCUT2D eigenvalue weighted by Crippen LogP contribution is -2.05. The highest BCUT2D eigenvalue weighted by Gasteiger charge is 2.14. The van der Waals surface area contributed by atoms with E-state index in [1.54, 1.807) is 0 Å². The number of Topliss-reactive ketones (excluding diaryl/α,β-unsaturated/α-hetero) is 1. The summed E-state index contributed by atoms with van der Waals surface area (Å²) in [5, 5.41) is 7.75. The standard InChI is InChI=1S/C14H8ClF3O.C8H5ClF2O2.C8H7FO2/c15-14-9(5-11(17)7-12(14)18)6-13(19)8-1-3-10(16)4-2-8;9-8-4(2-7(12)13)1-5(10)3-6(8)11;1-11-8(10)6-2-4-7(9)5-3-6/h1-5,7H,6H2;1,3H,2H2,(H,12,13);2-5H,1H3. The molecule has 4 rings (SSSR count). The van der Waals surface area contributed by atoms with Crippen molar-refractivity contribution in [3.8, 4) is 0 Å². The molecule has 13 heteroatoms. The van der Waals surface area contributed by atoms with Crippen LogP contribution in [0.5, 0.6) is 0 Å². The van der Waals surface area contributed by atoms with Crippen LogP contribution in [-0.2, 0) is 22.4 Å². The summed E-state index contributed by atoms with van der Waals surface area (Å²) in [4.78, 5) is 32.9. The number of ether oxygens (including phenoxy) is 1. The maximum absolute atomic E-state index is 13.2. The lowest BCUT2D eigenvalue weighted by Gasteiger charge is -2.05. The summed E-state index contributed by atoms with van der Waals surface area (Å²) < 4.78 is 81.0. The Morgan fingerprint density at radius 1 is 0.628 bits per heavy atom. The number of methoxy groups -OCH3 is 1. The van der Waals surface area contributed by atoms with Crippen LogP contribution in [0.1, 0.15) is 31.8 Å². The molecule has 0 atom stereocenters. The Morgan fingerprint density at radius 2 is 1.02 bits per heavy atom. The maximum Gasteiger partial charge on any atom is 0.337 e. The molecule has 0 fully saturated rings. The predicted octanol–water partition coefficient (Wildman–Crippen LogP) is 8.04. The fourth-order valence-electron chi connectivity index (χ4n) is 3.25. The van der Waals surface area contributed by atoms with Gasteiger partial charge in [-0.25, -0.2) is 31.1 Å². The third-order valence-corrected chi connectivity index (χ3v) is 6.11. The van der Waals surface area contributed by atoms with E-state index in [1.807, 2.05) is 0 Å². The topological polar surface area (TPSA) is 80.7 Å². The van der Waals surface area contributed by atoms with Crippen molar-refractivity contribution in [3.05, 3.63) is 140 Å². The van der Waals surface area contributed by atoms with E-state index in [0.717, 1.165) is 24.3 Å². The molecule has 0 aliphatic carbocycles. The number of ketones is 1. The highest BCUT2D eigenvalue weighted by Crippen LogP contribution is 2.23. The van der Waals surface area contributed by atoms with Gasteiger partial charge in [-0.15, -0.1) is 0 Å². The van der Waals surface area contributed by atoms with Crippen molar-refractivity contribution in [3.63, 3.8) is 0 Å². The average Bonchev–Trinajstić information content (AvgIpc) is 2.95. The number of hydrogen-bond acceptors (Lipinski definition) is 4. The van der Waals surface area contributed by atoms with Crippen LogP contribution in [0.15, 0.2) is 72.8 Å². The normalized spacial score (nSPS) is 10.1. The van der Waals surface area contributed by atoms with E-state index in [4.69, 9.17) is 28.3 Å². The second kappa shape index (κ2) is 16.3. The minimum Gasteiger partial charge on any atom is -0.481 e. The Morgan fingerprint density at radius 3 is 1.42 bits per heavy atom. The van der Waals surface area contributed by atoms with Gasteiger partial charge in [-0.1, -0.05) is 23.2 Å². The van der Waals surface area contributed by atoms with Gasteiger partial charge in [0.15, 0.2) is 5.78 Å². The van der Waals surface area contributed by atoms with E-state index >= 15 is 0 Å². The minimum atomic E-state index is -1.19. The first-order valence-electron chi connectivity index (χ1n) is 11.8. The number of hydrogen-bond donors (Lipinski definition) is 1. The highest BCUT2D eigenvalue weighted by atomic mass is 35.5. The van der Waals surface area contributed by atoms with Crippen LogP contribution >= 0.6 is 23.2 Å². The molecular formula is C30H20Cl2F6O5. The zero-order valence-corrected chi connectivity index (χ0v) is 23.5. The first-order valence-corrected chi connectivity index (χ1v) is 12.6. The molecule has 0 aromatic heterocycles. The van der Waals surface area contributed by atoms with E-state index in [1.165, 1.54) is 43.5 Å². The lowest BCUT2D eigenvalue weighted by atomic mass is 10.0. The van der Waals surface area contributed by atoms with Gasteiger partial charge in [-0.3, -0.25) is 9.59 Å². The van der Waals surface area contributed by atoms with Crippen molar-refractivity contribution in [1.82, 2.24) is 0 Å². The number of halogens is 8. The molecule has 0 aliphatic heterocycles. The molecule has 0 saturated heterocycles. The Labute approximate surface area is 251 Å². The van der Waals surface area contributed by atoms with Gasteiger partial charge in [0.05, 0.1) is 29.1 Å². The van der Waals surface area contributed by atoms with E-state index in [9.17, 15) is 40.7 Å². The van der Waals surface area contributed by atoms with Crippen LogP contribution in [-0.4, -0.2) is 29.9 Å². The van der Waals surface area contributed by atoms with Crippen LogP contribution in [0.2, 0.25) is 10.0 Å². The van der Waals surface area contributed by atoms with Gasteiger partial charge in [-0.2, -0.15) is 0 Å². The largest absolute Gasteiger partial charge is 0.481 e. The Balaban J connectivity index is 0.000000236. The highest BCUT2D eigenvalue weighted by molar-refractivity contribution is 6.32. The predicted molar refractivity (Wildman–Crippen MR) is 146 cm³/mol. The smallest absolute Gasteiger partial charge is 0.337 e. The van der Waals surface area contributed by atoms with Crippen molar-refractivity contribution < 1.29 is 50.6 Å². The van der Waals surface area contributed by atoms with Gasteiger partial charge in [0.1, 0.15) is 34.9 Å². The van der Waals surface area contributed by atoms with Crippen LogP contribution in [0.4, 0.5) is 26.3 Å². The molecular weight excluding hydrogens is 625 g/mol. The number of esters is 1. The first-order chi connectivity index (χ1) is 20.2. The van der Waals surface area contributed by atoms with Gasteiger partial charge in [0.2, 0.25) is 0 Å². The first kappa shape index (κ1) is 34.8. The Bertz CT molecular complexity index is 1600. The van der Waals surface area contributed by atoms with Crippen molar-refractivity contribution in [2.24, 2.45) is 0 Å². The molecule has 4 aromatic carbocycles. The molecule has 0 spiro atoms. The summed E-state index contributed by atoms with van der Waals surface area (Å²) >= 11 is 11.1. The number of carboxylic acids is 1. The van der Waals surface area contributed by atoms with Gasteiger partial charge >= 0.3 is 11.9 Å². The van der Waals surface area contributed by atoms with Crippen LogP contribution in [0.3, 0.4) is 0 Å². The number of carboxylic acid groups (broad SMARTS) is 1. The Kier molecular flexibility index (Phi) is 13.2. The van der Waals surface area contributed by atoms with Gasteiger partial charge in [0.25, 0.3) is 0 Å². The number of benzene rings is 4. The minimum absolute atomic E-state index is 0.0633. The second-order valence-electron chi connectivity index (χ2n) is 8.40. The third-order valence-electron chi connectivity index (χ3n) is 5.26. The summed E-state index contributed by atoms with van der Waals surface area (Å²) in [5.41, 5.74) is 0.608. The average molecular weight is 645 g/mol. The van der Waals surface area contributed by atoms with Crippen molar-refractivity contribution in [2.75, 3.05) is 7.11 Å². The molecule has 0 radical (unpaired) electrons. The molecule has 43 heavy (non-hydrogen) atoms. The summed E-state index contributed by atoms with van der Waals surface area (Å²) in [6.07, 6.45) is -0.743. The molecule has 0 bridgehead atoms. The molecule has 4 aromatic rings. The zero-order valence-electron chi connectivity index (χ0n) is 21.9. The van der Waals surface area contributed by atoms with Crippen molar-refractivity contribution in [1.29, 1.82) is 0 Å². The van der Waals surface area contributed by atoms with Crippen LogP contribution in [0.25, 0.3) is 0 Å². The summed E-state index contributed by atoms with van der Waals surface area (Å²) in [5.74, 6) is -6.36. The Hall–Kier alpha value is -4.35. The summed E-state index contributed by atoms with van der Waals surface area (Å²) in [6, 6.07) is 13.2. The van der Waals surface area contributed by atoms with Gasteiger partial charge < -0.3 is 9.84 Å². The third kappa shape index (κ3) is 11.1. The fraction of sp³-hybridized carbons (Fsp3) is 0.100. The van der Waals surface area contributed by atoms with Gasteiger partial charge in [0, 0.05) is 24.1 Å². The van der Waals surface area contributed by atoms with Crippen molar-refractivity contribution >= 4 is 40.9 Å².